The summed E-state index contributed by atoms with van der Waals surface area (Å²) < 4.78 is 5.92. The van der Waals surface area contributed by atoms with E-state index in [9.17, 15) is 9.59 Å². The standard InChI is InChI=1S/C21H26N2O3/c1-5-14(2)19-11-6-7-12-20(19)26-15(3)21(25)23-18-10-8-9-17(13-18)22-16(4)24/h6-15H,5H2,1-4H3,(H,22,24)(H,23,25). The van der Waals surface area contributed by atoms with Crippen LogP contribution in [0.15, 0.2) is 48.5 Å². The van der Waals surface area contributed by atoms with Gasteiger partial charge in [-0.05, 0) is 49.1 Å². The van der Waals surface area contributed by atoms with E-state index in [0.29, 0.717) is 17.3 Å². The van der Waals surface area contributed by atoms with Crippen LogP contribution in [0.2, 0.25) is 0 Å². The lowest BCUT2D eigenvalue weighted by Crippen LogP contribution is -2.30. The zero-order valence-electron chi connectivity index (χ0n) is 15.7. The van der Waals surface area contributed by atoms with Crippen LogP contribution in [0.1, 0.15) is 45.6 Å². The van der Waals surface area contributed by atoms with E-state index in [-0.39, 0.29) is 11.8 Å². The maximum Gasteiger partial charge on any atom is 0.265 e. The van der Waals surface area contributed by atoms with Crippen LogP contribution in [0.25, 0.3) is 0 Å². The summed E-state index contributed by atoms with van der Waals surface area (Å²) in [6.07, 6.45) is 0.348. The largest absolute Gasteiger partial charge is 0.481 e. The lowest BCUT2D eigenvalue weighted by atomic mass is 9.98. The van der Waals surface area contributed by atoms with Crippen LogP contribution in [-0.2, 0) is 9.59 Å². The van der Waals surface area contributed by atoms with E-state index in [1.165, 1.54) is 6.92 Å². The average molecular weight is 354 g/mol. The van der Waals surface area contributed by atoms with Crippen molar-refractivity contribution in [3.63, 3.8) is 0 Å². The van der Waals surface area contributed by atoms with E-state index >= 15 is 0 Å². The molecule has 2 amide bonds. The van der Waals surface area contributed by atoms with Gasteiger partial charge in [-0.3, -0.25) is 9.59 Å². The summed E-state index contributed by atoms with van der Waals surface area (Å²) in [6, 6.07) is 14.8. The predicted molar refractivity (Wildman–Crippen MR) is 105 cm³/mol. The minimum Gasteiger partial charge on any atom is -0.481 e. The van der Waals surface area contributed by atoms with E-state index in [0.717, 1.165) is 17.7 Å². The van der Waals surface area contributed by atoms with Crippen molar-refractivity contribution in [2.24, 2.45) is 0 Å². The molecule has 2 rings (SSSR count). The Bertz CT molecular complexity index is 773. The summed E-state index contributed by atoms with van der Waals surface area (Å²) in [5.41, 5.74) is 2.33. The van der Waals surface area contributed by atoms with Crippen LogP contribution in [0, 0.1) is 0 Å². The Labute approximate surface area is 154 Å². The fourth-order valence-corrected chi connectivity index (χ4v) is 2.58. The molecule has 2 aromatic rings. The Balaban J connectivity index is 2.06. The van der Waals surface area contributed by atoms with Gasteiger partial charge in [-0.25, -0.2) is 0 Å². The molecule has 0 heterocycles. The Kier molecular flexibility index (Phi) is 6.78. The van der Waals surface area contributed by atoms with Crippen LogP contribution in [0.5, 0.6) is 5.75 Å². The van der Waals surface area contributed by atoms with E-state index in [1.54, 1.807) is 31.2 Å². The highest BCUT2D eigenvalue weighted by Crippen LogP contribution is 2.29. The van der Waals surface area contributed by atoms with Crippen molar-refractivity contribution in [1.82, 2.24) is 0 Å². The molecule has 26 heavy (non-hydrogen) atoms. The molecule has 2 N–H and O–H groups in total. The molecule has 0 radical (unpaired) electrons. The van der Waals surface area contributed by atoms with Crippen molar-refractivity contribution in [2.45, 2.75) is 46.1 Å². The SMILES string of the molecule is CCC(C)c1ccccc1OC(C)C(=O)Nc1cccc(NC(C)=O)c1. The average Bonchev–Trinajstić information content (AvgIpc) is 2.61. The Morgan fingerprint density at radius 1 is 1.00 bits per heavy atom. The number of carbonyl (C=O) groups excluding carboxylic acids is 2. The molecule has 0 bridgehead atoms. The lowest BCUT2D eigenvalue weighted by molar-refractivity contribution is -0.122. The summed E-state index contributed by atoms with van der Waals surface area (Å²) >= 11 is 0. The fourth-order valence-electron chi connectivity index (χ4n) is 2.58. The van der Waals surface area contributed by atoms with E-state index in [4.69, 9.17) is 4.74 Å². The molecule has 138 valence electrons. The second-order valence-electron chi connectivity index (χ2n) is 6.36. The zero-order valence-corrected chi connectivity index (χ0v) is 15.7. The lowest BCUT2D eigenvalue weighted by Gasteiger charge is -2.19. The normalized spacial score (nSPS) is 12.8. The molecule has 2 aromatic carbocycles. The molecule has 0 aliphatic rings. The monoisotopic (exact) mass is 354 g/mol. The van der Waals surface area contributed by atoms with Crippen molar-refractivity contribution >= 4 is 23.2 Å². The number of amides is 2. The third-order valence-corrected chi connectivity index (χ3v) is 4.19. The molecule has 0 spiro atoms. The first-order chi connectivity index (χ1) is 12.4. The molecule has 0 saturated heterocycles. The van der Waals surface area contributed by atoms with Gasteiger partial charge in [-0.15, -0.1) is 0 Å². The summed E-state index contributed by atoms with van der Waals surface area (Å²) in [4.78, 5) is 23.6. The van der Waals surface area contributed by atoms with Gasteiger partial charge in [0, 0.05) is 18.3 Å². The zero-order chi connectivity index (χ0) is 19.1. The summed E-state index contributed by atoms with van der Waals surface area (Å²) in [5.74, 6) is 0.683. The first-order valence-electron chi connectivity index (χ1n) is 8.84. The number of para-hydroxylation sites is 1. The fraction of sp³-hybridized carbons (Fsp3) is 0.333. The third kappa shape index (κ3) is 5.34. The Morgan fingerprint density at radius 2 is 1.65 bits per heavy atom. The number of ether oxygens (including phenoxy) is 1. The van der Waals surface area contributed by atoms with Crippen molar-refractivity contribution in [3.05, 3.63) is 54.1 Å². The Hall–Kier alpha value is -2.82. The van der Waals surface area contributed by atoms with Crippen molar-refractivity contribution in [3.8, 4) is 5.75 Å². The van der Waals surface area contributed by atoms with Gasteiger partial charge in [0.05, 0.1) is 0 Å². The minimum atomic E-state index is -0.648. The van der Waals surface area contributed by atoms with Crippen LogP contribution >= 0.6 is 0 Å². The van der Waals surface area contributed by atoms with Crippen LogP contribution in [0.4, 0.5) is 11.4 Å². The number of benzene rings is 2. The number of anilines is 2. The van der Waals surface area contributed by atoms with Crippen molar-refractivity contribution in [2.75, 3.05) is 10.6 Å². The van der Waals surface area contributed by atoms with E-state index in [2.05, 4.69) is 24.5 Å². The Morgan fingerprint density at radius 3 is 2.31 bits per heavy atom. The minimum absolute atomic E-state index is 0.160. The number of carbonyl (C=O) groups is 2. The second-order valence-corrected chi connectivity index (χ2v) is 6.36. The highest BCUT2D eigenvalue weighted by atomic mass is 16.5. The van der Waals surface area contributed by atoms with Gasteiger partial charge in [0.15, 0.2) is 6.10 Å². The quantitative estimate of drug-likeness (QED) is 0.766. The third-order valence-electron chi connectivity index (χ3n) is 4.19. The van der Waals surface area contributed by atoms with Gasteiger partial charge in [0.1, 0.15) is 5.75 Å². The topological polar surface area (TPSA) is 67.4 Å². The molecule has 2 unspecified atom stereocenters. The summed E-state index contributed by atoms with van der Waals surface area (Å²) in [6.45, 7) is 7.43. The molecule has 0 aliphatic carbocycles. The van der Waals surface area contributed by atoms with Gasteiger partial charge < -0.3 is 15.4 Å². The van der Waals surface area contributed by atoms with Crippen LogP contribution in [0.3, 0.4) is 0 Å². The van der Waals surface area contributed by atoms with Crippen molar-refractivity contribution < 1.29 is 14.3 Å². The molecule has 0 fully saturated rings. The number of hydrogen-bond donors (Lipinski definition) is 2. The second kappa shape index (κ2) is 9.04. The molecular weight excluding hydrogens is 328 g/mol. The molecular formula is C21H26N2O3. The van der Waals surface area contributed by atoms with Crippen LogP contribution in [-0.4, -0.2) is 17.9 Å². The maximum absolute atomic E-state index is 12.5. The smallest absolute Gasteiger partial charge is 0.265 e. The predicted octanol–water partition coefficient (Wildman–Crippen LogP) is 4.56. The van der Waals surface area contributed by atoms with Crippen LogP contribution < -0.4 is 15.4 Å². The van der Waals surface area contributed by atoms with Gasteiger partial charge in [-0.1, -0.05) is 38.1 Å². The first-order valence-corrected chi connectivity index (χ1v) is 8.84. The van der Waals surface area contributed by atoms with E-state index in [1.807, 2.05) is 24.3 Å². The summed E-state index contributed by atoms with van der Waals surface area (Å²) in [7, 11) is 0. The van der Waals surface area contributed by atoms with Gasteiger partial charge in [0.2, 0.25) is 5.91 Å². The molecule has 0 aromatic heterocycles. The molecule has 0 saturated carbocycles. The molecule has 5 nitrogen and oxygen atoms in total. The summed E-state index contributed by atoms with van der Waals surface area (Å²) in [5, 5.41) is 5.52. The number of rotatable bonds is 7. The molecule has 2 atom stereocenters. The number of hydrogen-bond acceptors (Lipinski definition) is 3. The first kappa shape index (κ1) is 19.5. The highest BCUT2D eigenvalue weighted by Gasteiger charge is 2.18. The maximum atomic E-state index is 12.5. The van der Waals surface area contributed by atoms with Gasteiger partial charge >= 0.3 is 0 Å². The number of nitrogens with one attached hydrogen (secondary N) is 2. The van der Waals surface area contributed by atoms with Gasteiger partial charge in [0.25, 0.3) is 5.91 Å². The van der Waals surface area contributed by atoms with Gasteiger partial charge in [-0.2, -0.15) is 0 Å². The molecule has 5 heteroatoms. The van der Waals surface area contributed by atoms with Crippen molar-refractivity contribution in [1.29, 1.82) is 0 Å². The highest BCUT2D eigenvalue weighted by molar-refractivity contribution is 5.95. The van der Waals surface area contributed by atoms with E-state index < -0.39 is 6.10 Å². The molecule has 0 aliphatic heterocycles.